The lowest BCUT2D eigenvalue weighted by Gasteiger charge is -2.06. The van der Waals surface area contributed by atoms with Gasteiger partial charge in [-0.3, -0.25) is 4.79 Å². The average molecular weight is 229 g/mol. The second-order valence-corrected chi connectivity index (χ2v) is 3.13. The third kappa shape index (κ3) is 1.67. The quantitative estimate of drug-likeness (QED) is 0.728. The number of rotatable bonds is 2. The molecule has 0 radical (unpaired) electrons. The zero-order valence-corrected chi connectivity index (χ0v) is 8.51. The highest BCUT2D eigenvalue weighted by atomic mass is 79.9. The second-order valence-electron chi connectivity index (χ2n) is 2.41. The Labute approximate surface area is 79.7 Å². The molecule has 0 aliphatic rings. The second kappa shape index (κ2) is 3.72. The van der Waals surface area contributed by atoms with E-state index in [9.17, 15) is 4.79 Å². The lowest BCUT2D eigenvalue weighted by Crippen LogP contribution is -1.95. The molecule has 0 fully saturated rings. The normalized spacial score (nSPS) is 9.58. The minimum atomic E-state index is -0.112. The van der Waals surface area contributed by atoms with Gasteiger partial charge in [0.25, 0.3) is 0 Å². The van der Waals surface area contributed by atoms with Crippen LogP contribution >= 0.6 is 15.9 Å². The van der Waals surface area contributed by atoms with Gasteiger partial charge in [0.05, 0.1) is 7.11 Å². The van der Waals surface area contributed by atoms with Gasteiger partial charge in [-0.15, -0.1) is 0 Å². The van der Waals surface area contributed by atoms with Crippen molar-refractivity contribution in [1.82, 2.24) is 0 Å². The molecule has 0 aliphatic carbocycles. The van der Waals surface area contributed by atoms with Gasteiger partial charge in [0.2, 0.25) is 4.69 Å². The summed E-state index contributed by atoms with van der Waals surface area (Å²) in [7, 11) is 1.59. The van der Waals surface area contributed by atoms with E-state index >= 15 is 0 Å². The number of carbonyl (C=O) groups is 1. The van der Waals surface area contributed by atoms with Gasteiger partial charge in [0.15, 0.2) is 0 Å². The summed E-state index contributed by atoms with van der Waals surface area (Å²) in [4.78, 5) is 11.0. The van der Waals surface area contributed by atoms with E-state index in [1.54, 1.807) is 19.2 Å². The molecule has 0 aliphatic heterocycles. The first-order valence-corrected chi connectivity index (χ1v) is 4.29. The molecule has 0 spiro atoms. The van der Waals surface area contributed by atoms with Crippen LogP contribution in [0.5, 0.6) is 5.75 Å². The minimum absolute atomic E-state index is 0.112. The van der Waals surface area contributed by atoms with Crippen molar-refractivity contribution in [3.63, 3.8) is 0 Å². The molecule has 0 atom stereocenters. The molecule has 2 nitrogen and oxygen atoms in total. The Bertz CT molecular complexity index is 307. The zero-order valence-electron chi connectivity index (χ0n) is 6.93. The monoisotopic (exact) mass is 228 g/mol. The zero-order chi connectivity index (χ0) is 9.14. The average Bonchev–Trinajstić information content (AvgIpc) is 2.04. The van der Waals surface area contributed by atoms with Gasteiger partial charge < -0.3 is 4.74 Å². The number of hydrogen-bond acceptors (Lipinski definition) is 2. The van der Waals surface area contributed by atoms with Crippen LogP contribution in [0.2, 0.25) is 0 Å². The van der Waals surface area contributed by atoms with Gasteiger partial charge in [0, 0.05) is 11.1 Å². The molecule has 1 aromatic carbocycles. The molecule has 0 saturated heterocycles. The van der Waals surface area contributed by atoms with E-state index in [0.717, 1.165) is 11.3 Å². The van der Waals surface area contributed by atoms with Crippen LogP contribution in [-0.4, -0.2) is 11.8 Å². The molecule has 0 amide bonds. The fourth-order valence-corrected chi connectivity index (χ4v) is 1.48. The smallest absolute Gasteiger partial charge is 0.228 e. The summed E-state index contributed by atoms with van der Waals surface area (Å²) in [5, 5.41) is 0. The SMILES string of the molecule is COc1cccc(C(=O)Br)c1C. The molecule has 0 heterocycles. The molecule has 1 aromatic rings. The molecule has 64 valence electrons. The highest BCUT2D eigenvalue weighted by Crippen LogP contribution is 2.22. The molecular weight excluding hydrogens is 220 g/mol. The van der Waals surface area contributed by atoms with Crippen LogP contribution in [0.25, 0.3) is 0 Å². The molecule has 0 unspecified atom stereocenters. The number of ether oxygens (including phenoxy) is 1. The predicted octanol–water partition coefficient (Wildman–Crippen LogP) is 2.54. The van der Waals surface area contributed by atoms with E-state index in [1.807, 2.05) is 13.0 Å². The van der Waals surface area contributed by atoms with Crippen molar-refractivity contribution in [2.24, 2.45) is 0 Å². The van der Waals surface area contributed by atoms with Crippen molar-refractivity contribution in [1.29, 1.82) is 0 Å². The molecule has 0 bridgehead atoms. The van der Waals surface area contributed by atoms with E-state index in [2.05, 4.69) is 15.9 Å². The van der Waals surface area contributed by atoms with Crippen LogP contribution in [0.4, 0.5) is 0 Å². The summed E-state index contributed by atoms with van der Waals surface area (Å²) in [5.41, 5.74) is 1.51. The van der Waals surface area contributed by atoms with Crippen LogP contribution in [0.3, 0.4) is 0 Å². The number of methoxy groups -OCH3 is 1. The van der Waals surface area contributed by atoms with E-state index in [0.29, 0.717) is 5.56 Å². The Morgan fingerprint density at radius 2 is 2.17 bits per heavy atom. The predicted molar refractivity (Wildman–Crippen MR) is 51.0 cm³/mol. The summed E-state index contributed by atoms with van der Waals surface area (Å²) in [6.45, 7) is 1.85. The van der Waals surface area contributed by atoms with Crippen LogP contribution in [0, 0.1) is 6.92 Å². The Kier molecular flexibility index (Phi) is 2.87. The molecule has 0 saturated carbocycles. The largest absolute Gasteiger partial charge is 0.496 e. The molecular formula is C9H9BrO2. The van der Waals surface area contributed by atoms with E-state index < -0.39 is 0 Å². The first-order valence-electron chi connectivity index (χ1n) is 3.50. The molecule has 12 heavy (non-hydrogen) atoms. The lowest BCUT2D eigenvalue weighted by molar-refractivity contribution is 0.109. The van der Waals surface area contributed by atoms with Crippen molar-refractivity contribution in [3.05, 3.63) is 29.3 Å². The van der Waals surface area contributed by atoms with E-state index in [4.69, 9.17) is 4.74 Å². The number of carbonyl (C=O) groups excluding carboxylic acids is 1. The molecule has 3 heteroatoms. The Morgan fingerprint density at radius 3 is 2.67 bits per heavy atom. The van der Waals surface area contributed by atoms with Crippen LogP contribution in [0.15, 0.2) is 18.2 Å². The topological polar surface area (TPSA) is 26.3 Å². The summed E-state index contributed by atoms with van der Waals surface area (Å²) >= 11 is 2.90. The highest BCUT2D eigenvalue weighted by Gasteiger charge is 2.08. The van der Waals surface area contributed by atoms with Crippen molar-refractivity contribution in [2.75, 3.05) is 7.11 Å². The molecule has 0 N–H and O–H groups in total. The summed E-state index contributed by atoms with van der Waals surface area (Å²) in [6, 6.07) is 5.38. The maximum Gasteiger partial charge on any atom is 0.228 e. The number of halogens is 1. The third-order valence-electron chi connectivity index (χ3n) is 1.72. The van der Waals surface area contributed by atoms with E-state index in [-0.39, 0.29) is 4.69 Å². The van der Waals surface area contributed by atoms with Crippen LogP contribution in [-0.2, 0) is 0 Å². The van der Waals surface area contributed by atoms with Gasteiger partial charge in [0.1, 0.15) is 5.75 Å². The summed E-state index contributed by atoms with van der Waals surface area (Å²) < 4.78 is 4.95. The maximum atomic E-state index is 11.0. The number of hydrogen-bond donors (Lipinski definition) is 0. The van der Waals surface area contributed by atoms with Crippen molar-refractivity contribution in [2.45, 2.75) is 6.92 Å². The van der Waals surface area contributed by atoms with Gasteiger partial charge in [-0.1, -0.05) is 6.07 Å². The Hall–Kier alpha value is -0.830. The Morgan fingerprint density at radius 1 is 1.50 bits per heavy atom. The van der Waals surface area contributed by atoms with Gasteiger partial charge >= 0.3 is 0 Å². The minimum Gasteiger partial charge on any atom is -0.496 e. The van der Waals surface area contributed by atoms with Crippen molar-refractivity contribution in [3.8, 4) is 5.75 Å². The van der Waals surface area contributed by atoms with Crippen LogP contribution in [0.1, 0.15) is 15.9 Å². The number of benzene rings is 1. The maximum absolute atomic E-state index is 11.0. The standard InChI is InChI=1S/C9H9BrO2/c1-6-7(9(10)11)4-3-5-8(6)12-2/h3-5H,1-2H3. The highest BCUT2D eigenvalue weighted by molar-refractivity contribution is 9.18. The fraction of sp³-hybridized carbons (Fsp3) is 0.222. The van der Waals surface area contributed by atoms with Gasteiger partial charge in [-0.2, -0.15) is 0 Å². The van der Waals surface area contributed by atoms with Gasteiger partial charge in [-0.05, 0) is 35.0 Å². The first kappa shape index (κ1) is 9.26. The summed E-state index contributed by atoms with van der Waals surface area (Å²) in [5.74, 6) is 0.736. The summed E-state index contributed by atoms with van der Waals surface area (Å²) in [6.07, 6.45) is 0. The van der Waals surface area contributed by atoms with Crippen LogP contribution < -0.4 is 4.74 Å². The Balaban J connectivity index is 3.23. The van der Waals surface area contributed by atoms with E-state index in [1.165, 1.54) is 0 Å². The lowest BCUT2D eigenvalue weighted by atomic mass is 10.1. The van der Waals surface area contributed by atoms with Crippen molar-refractivity contribution >= 4 is 20.6 Å². The third-order valence-corrected chi connectivity index (χ3v) is 2.14. The first-order chi connectivity index (χ1) is 5.66. The molecule has 0 aromatic heterocycles. The molecule has 1 rings (SSSR count). The van der Waals surface area contributed by atoms with Gasteiger partial charge in [-0.25, -0.2) is 0 Å². The fourth-order valence-electron chi connectivity index (χ4n) is 1.05. The van der Waals surface area contributed by atoms with Crippen molar-refractivity contribution < 1.29 is 9.53 Å².